The van der Waals surface area contributed by atoms with Gasteiger partial charge in [-0.25, -0.2) is 15.0 Å². The van der Waals surface area contributed by atoms with Crippen LogP contribution in [0, 0.1) is 5.95 Å². The summed E-state index contributed by atoms with van der Waals surface area (Å²) in [6, 6.07) is 9.08. The van der Waals surface area contributed by atoms with Crippen LogP contribution < -0.4 is 9.80 Å². The van der Waals surface area contributed by atoms with Crippen LogP contribution in [0.15, 0.2) is 42.7 Å². The highest BCUT2D eigenvalue weighted by Crippen LogP contribution is 2.34. The largest absolute Gasteiger partial charge is 0.598 e. The Balaban J connectivity index is 1.38. The zero-order valence-corrected chi connectivity index (χ0v) is 19.5. The molecule has 33 heavy (non-hydrogen) atoms. The molecule has 0 aromatic carbocycles. The van der Waals surface area contributed by atoms with Gasteiger partial charge in [0, 0.05) is 73.2 Å². The first kappa shape index (κ1) is 22.0. The van der Waals surface area contributed by atoms with Gasteiger partial charge >= 0.3 is 0 Å². The Morgan fingerprint density at radius 1 is 1.06 bits per heavy atom. The molecule has 5 heterocycles. The second-order valence-electron chi connectivity index (χ2n) is 8.28. The van der Waals surface area contributed by atoms with Crippen molar-refractivity contribution in [1.82, 2.24) is 24.2 Å². The van der Waals surface area contributed by atoms with Gasteiger partial charge in [0.2, 0.25) is 5.95 Å². The SMILES string of the molecule is CC1c2cnc(-c3ccccn3)nc2CCN1c1cc(N2CCN([S+](C)[O-])CC2)cc(F)n1. The molecule has 172 valence electrons. The monoisotopic (exact) mass is 467 g/mol. The predicted octanol–water partition coefficient (Wildman–Crippen LogP) is 2.61. The van der Waals surface area contributed by atoms with E-state index in [4.69, 9.17) is 4.98 Å². The fourth-order valence-electron chi connectivity index (χ4n) is 4.50. The molecule has 0 amide bonds. The third-order valence-electron chi connectivity index (χ3n) is 6.33. The first-order chi connectivity index (χ1) is 16.0. The molecule has 10 heteroatoms. The van der Waals surface area contributed by atoms with Gasteiger partial charge in [0.1, 0.15) is 17.8 Å². The highest BCUT2D eigenvalue weighted by molar-refractivity contribution is 7.88. The fourth-order valence-corrected chi connectivity index (χ4v) is 5.18. The number of nitrogens with zero attached hydrogens (tertiary/aromatic N) is 7. The summed E-state index contributed by atoms with van der Waals surface area (Å²) in [4.78, 5) is 22.1. The molecule has 1 saturated heterocycles. The number of halogens is 1. The van der Waals surface area contributed by atoms with Crippen LogP contribution in [0.4, 0.5) is 15.9 Å². The number of piperazine rings is 1. The second-order valence-corrected chi connectivity index (χ2v) is 9.64. The Kier molecular flexibility index (Phi) is 6.13. The van der Waals surface area contributed by atoms with E-state index in [9.17, 15) is 8.94 Å². The number of anilines is 2. The van der Waals surface area contributed by atoms with Gasteiger partial charge in [0.05, 0.1) is 24.8 Å². The van der Waals surface area contributed by atoms with Gasteiger partial charge in [-0.1, -0.05) is 6.07 Å². The predicted molar refractivity (Wildman–Crippen MR) is 127 cm³/mol. The Bertz CT molecular complexity index is 1130. The summed E-state index contributed by atoms with van der Waals surface area (Å²) in [5.41, 5.74) is 3.57. The van der Waals surface area contributed by atoms with Crippen molar-refractivity contribution in [3.05, 3.63) is 59.9 Å². The molecule has 0 N–H and O–H groups in total. The minimum atomic E-state index is -0.980. The van der Waals surface area contributed by atoms with Gasteiger partial charge in [-0.3, -0.25) is 4.98 Å². The van der Waals surface area contributed by atoms with Crippen molar-refractivity contribution in [2.24, 2.45) is 0 Å². The lowest BCUT2D eigenvalue weighted by Gasteiger charge is -2.37. The molecule has 2 aliphatic rings. The van der Waals surface area contributed by atoms with E-state index in [1.54, 1.807) is 12.5 Å². The van der Waals surface area contributed by atoms with Gasteiger partial charge in [0.15, 0.2) is 5.82 Å². The summed E-state index contributed by atoms with van der Waals surface area (Å²) < 4.78 is 28.2. The maximum absolute atomic E-state index is 14.6. The van der Waals surface area contributed by atoms with E-state index < -0.39 is 17.3 Å². The summed E-state index contributed by atoms with van der Waals surface area (Å²) >= 11 is -0.980. The van der Waals surface area contributed by atoms with E-state index in [2.05, 4.69) is 31.7 Å². The van der Waals surface area contributed by atoms with Crippen LogP contribution in [0.2, 0.25) is 0 Å². The van der Waals surface area contributed by atoms with Crippen molar-refractivity contribution in [3.63, 3.8) is 0 Å². The van der Waals surface area contributed by atoms with E-state index in [1.807, 2.05) is 34.8 Å². The van der Waals surface area contributed by atoms with Crippen molar-refractivity contribution in [2.75, 3.05) is 48.8 Å². The Hall–Kier alpha value is -2.82. The Morgan fingerprint density at radius 2 is 1.88 bits per heavy atom. The minimum Gasteiger partial charge on any atom is -0.598 e. The van der Waals surface area contributed by atoms with Crippen LogP contribution >= 0.6 is 0 Å². The van der Waals surface area contributed by atoms with Crippen molar-refractivity contribution in [1.29, 1.82) is 0 Å². The lowest BCUT2D eigenvalue weighted by molar-refractivity contribution is 0.387. The number of rotatable bonds is 4. The Labute approximate surface area is 195 Å². The van der Waals surface area contributed by atoms with E-state index >= 15 is 0 Å². The quantitative estimate of drug-likeness (QED) is 0.428. The van der Waals surface area contributed by atoms with Gasteiger partial charge in [-0.05, 0) is 19.1 Å². The standard InChI is InChI=1S/C23H26FN7OS/c1-16-18-15-26-23(20-5-3-4-7-25-20)27-19(18)6-8-31(16)22-14-17(13-21(24)28-22)29-9-11-30(12-10-29)33(2)32/h3-5,7,13-16H,6,8-12H2,1-2H3. The first-order valence-corrected chi connectivity index (χ1v) is 12.6. The van der Waals surface area contributed by atoms with Crippen molar-refractivity contribution in [3.8, 4) is 11.5 Å². The molecule has 3 aromatic rings. The van der Waals surface area contributed by atoms with Crippen LogP contribution in [0.1, 0.15) is 24.2 Å². The van der Waals surface area contributed by atoms with Crippen LogP contribution in [0.25, 0.3) is 11.5 Å². The number of hydrogen-bond donors (Lipinski definition) is 0. The molecule has 0 spiro atoms. The van der Waals surface area contributed by atoms with Crippen LogP contribution in [-0.2, 0) is 17.8 Å². The normalized spacial score (nSPS) is 19.9. The average Bonchev–Trinajstić information content (AvgIpc) is 2.84. The van der Waals surface area contributed by atoms with E-state index in [0.717, 1.165) is 29.1 Å². The lowest BCUT2D eigenvalue weighted by atomic mass is 9.99. The van der Waals surface area contributed by atoms with E-state index in [1.165, 1.54) is 6.07 Å². The maximum atomic E-state index is 14.6. The molecule has 0 saturated carbocycles. The number of hydrogen-bond acceptors (Lipinski definition) is 8. The van der Waals surface area contributed by atoms with Crippen LogP contribution in [-0.4, -0.2) is 67.8 Å². The summed E-state index contributed by atoms with van der Waals surface area (Å²) in [7, 11) is 0. The highest BCUT2D eigenvalue weighted by atomic mass is 32.2. The Morgan fingerprint density at radius 3 is 2.61 bits per heavy atom. The molecule has 1 fully saturated rings. The second kappa shape index (κ2) is 9.20. The number of pyridine rings is 2. The summed E-state index contributed by atoms with van der Waals surface area (Å²) in [5.74, 6) is 0.732. The molecule has 8 nitrogen and oxygen atoms in total. The van der Waals surface area contributed by atoms with Crippen molar-refractivity contribution >= 4 is 22.9 Å². The zero-order chi connectivity index (χ0) is 22.9. The first-order valence-electron chi connectivity index (χ1n) is 11.0. The molecule has 2 atom stereocenters. The lowest BCUT2D eigenvalue weighted by Crippen LogP contribution is -2.48. The van der Waals surface area contributed by atoms with Crippen molar-refractivity contribution in [2.45, 2.75) is 19.4 Å². The van der Waals surface area contributed by atoms with Gasteiger partial charge in [-0.15, -0.1) is 4.31 Å². The zero-order valence-electron chi connectivity index (χ0n) is 18.7. The summed E-state index contributed by atoms with van der Waals surface area (Å²) in [6.07, 6.45) is 6.00. The number of fused-ring (bicyclic) bond motifs is 1. The van der Waals surface area contributed by atoms with Gasteiger partial charge in [-0.2, -0.15) is 4.39 Å². The van der Waals surface area contributed by atoms with E-state index in [-0.39, 0.29) is 6.04 Å². The molecule has 3 aromatic heterocycles. The summed E-state index contributed by atoms with van der Waals surface area (Å²) in [5, 5.41) is 0. The molecule has 2 aliphatic heterocycles. The van der Waals surface area contributed by atoms with Gasteiger partial charge < -0.3 is 14.4 Å². The molecular weight excluding hydrogens is 441 g/mol. The maximum Gasteiger partial charge on any atom is 0.216 e. The number of aromatic nitrogens is 4. The topological polar surface area (TPSA) is 84.3 Å². The molecule has 0 aliphatic carbocycles. The molecule has 2 unspecified atom stereocenters. The fraction of sp³-hybridized carbons (Fsp3) is 0.391. The average molecular weight is 468 g/mol. The smallest absolute Gasteiger partial charge is 0.216 e. The molecule has 5 rings (SSSR count). The van der Waals surface area contributed by atoms with Gasteiger partial charge in [0.25, 0.3) is 0 Å². The van der Waals surface area contributed by atoms with Crippen LogP contribution in [0.3, 0.4) is 0 Å². The third-order valence-corrected chi connectivity index (χ3v) is 7.42. The molecular formula is C23H26FN7OS. The van der Waals surface area contributed by atoms with E-state index in [0.29, 0.717) is 44.4 Å². The van der Waals surface area contributed by atoms with Crippen LogP contribution in [0.5, 0.6) is 0 Å². The summed E-state index contributed by atoms with van der Waals surface area (Å²) in [6.45, 7) is 5.53. The minimum absolute atomic E-state index is 0.0342. The highest BCUT2D eigenvalue weighted by Gasteiger charge is 2.29. The van der Waals surface area contributed by atoms with Crippen molar-refractivity contribution < 1.29 is 8.94 Å². The molecule has 0 radical (unpaired) electrons. The third kappa shape index (κ3) is 4.50. The molecule has 0 bridgehead atoms.